The lowest BCUT2D eigenvalue weighted by Crippen LogP contribution is -2.38. The topological polar surface area (TPSA) is 35.2 Å². The highest BCUT2D eigenvalue weighted by molar-refractivity contribution is 5.22. The summed E-state index contributed by atoms with van der Waals surface area (Å²) in [5.74, 6) is 0. The Bertz CT molecular complexity index is 244. The number of hydrogen-bond acceptors (Lipinski definition) is 2. The van der Waals surface area contributed by atoms with E-state index in [1.165, 1.54) is 0 Å². The first-order valence-corrected chi connectivity index (χ1v) is 4.59. The van der Waals surface area contributed by atoms with Gasteiger partial charge in [-0.15, -0.1) is 0 Å². The van der Waals surface area contributed by atoms with E-state index in [-0.39, 0.29) is 5.54 Å². The molecule has 72 valence electrons. The normalized spacial score (nSPS) is 15.3. The van der Waals surface area contributed by atoms with Crippen molar-refractivity contribution in [1.82, 2.24) is 0 Å². The molecule has 1 atom stereocenters. The maximum absolute atomic E-state index is 6.10. The summed E-state index contributed by atoms with van der Waals surface area (Å²) in [6.07, 6.45) is 0. The van der Waals surface area contributed by atoms with E-state index in [9.17, 15) is 0 Å². The van der Waals surface area contributed by atoms with Gasteiger partial charge in [-0.05, 0) is 19.4 Å². The molecule has 0 aliphatic rings. The molecule has 13 heavy (non-hydrogen) atoms. The molecule has 0 bridgehead atoms. The van der Waals surface area contributed by atoms with E-state index >= 15 is 0 Å². The Morgan fingerprint density at radius 3 is 2.46 bits per heavy atom. The van der Waals surface area contributed by atoms with Crippen LogP contribution in [0, 0.1) is 0 Å². The Morgan fingerprint density at radius 2 is 1.92 bits per heavy atom. The van der Waals surface area contributed by atoms with Crippen LogP contribution in [0.25, 0.3) is 0 Å². The molecule has 0 fully saturated rings. The zero-order valence-electron chi connectivity index (χ0n) is 8.29. The van der Waals surface area contributed by atoms with E-state index in [0.717, 1.165) is 5.56 Å². The number of ether oxygens (including phenoxy) is 1. The zero-order chi connectivity index (χ0) is 9.73. The van der Waals surface area contributed by atoms with E-state index in [4.69, 9.17) is 10.5 Å². The summed E-state index contributed by atoms with van der Waals surface area (Å²) in [6.45, 7) is 5.23. The maximum Gasteiger partial charge on any atom is 0.0685 e. The van der Waals surface area contributed by atoms with E-state index in [1.54, 1.807) is 0 Å². The fourth-order valence-corrected chi connectivity index (χ4v) is 1.22. The Morgan fingerprint density at radius 1 is 1.31 bits per heavy atom. The van der Waals surface area contributed by atoms with Crippen molar-refractivity contribution in [3.05, 3.63) is 35.9 Å². The van der Waals surface area contributed by atoms with Crippen LogP contribution in [0.2, 0.25) is 0 Å². The molecule has 1 aromatic carbocycles. The molecule has 2 heteroatoms. The SMILES string of the molecule is CCOCC(C)(N)c1ccccc1. The van der Waals surface area contributed by atoms with Gasteiger partial charge >= 0.3 is 0 Å². The molecule has 0 saturated carbocycles. The number of hydrogen-bond donors (Lipinski definition) is 1. The molecule has 1 rings (SSSR count). The van der Waals surface area contributed by atoms with E-state index < -0.39 is 0 Å². The summed E-state index contributed by atoms with van der Waals surface area (Å²) in [4.78, 5) is 0. The first-order valence-electron chi connectivity index (χ1n) is 4.59. The second-order valence-electron chi connectivity index (χ2n) is 3.42. The summed E-state index contributed by atoms with van der Waals surface area (Å²) >= 11 is 0. The average molecular weight is 179 g/mol. The molecular formula is C11H17NO. The van der Waals surface area contributed by atoms with Gasteiger partial charge in [0, 0.05) is 6.61 Å². The third-order valence-electron chi connectivity index (χ3n) is 2.04. The van der Waals surface area contributed by atoms with Gasteiger partial charge < -0.3 is 10.5 Å². The molecule has 0 amide bonds. The lowest BCUT2D eigenvalue weighted by atomic mass is 9.94. The summed E-state index contributed by atoms with van der Waals surface area (Å²) < 4.78 is 5.33. The van der Waals surface area contributed by atoms with Crippen molar-refractivity contribution < 1.29 is 4.74 Å². The third-order valence-corrected chi connectivity index (χ3v) is 2.04. The predicted octanol–water partition coefficient (Wildman–Crippen LogP) is 1.90. The van der Waals surface area contributed by atoms with Crippen LogP contribution in [0.4, 0.5) is 0 Å². The van der Waals surface area contributed by atoms with Crippen LogP contribution in [0.3, 0.4) is 0 Å². The smallest absolute Gasteiger partial charge is 0.0685 e. The van der Waals surface area contributed by atoms with E-state index in [2.05, 4.69) is 0 Å². The minimum absolute atomic E-state index is 0.378. The minimum atomic E-state index is -0.378. The number of rotatable bonds is 4. The van der Waals surface area contributed by atoms with Crippen molar-refractivity contribution in [1.29, 1.82) is 0 Å². The summed E-state index contributed by atoms with van der Waals surface area (Å²) in [5, 5.41) is 0. The molecule has 0 spiro atoms. The second kappa shape index (κ2) is 4.40. The minimum Gasteiger partial charge on any atom is -0.379 e. The monoisotopic (exact) mass is 179 g/mol. The first-order chi connectivity index (χ1) is 6.17. The van der Waals surface area contributed by atoms with Crippen LogP contribution >= 0.6 is 0 Å². The fourth-order valence-electron chi connectivity index (χ4n) is 1.22. The van der Waals surface area contributed by atoms with Gasteiger partial charge in [-0.25, -0.2) is 0 Å². The van der Waals surface area contributed by atoms with Gasteiger partial charge in [0.15, 0.2) is 0 Å². The largest absolute Gasteiger partial charge is 0.379 e. The molecule has 1 aromatic rings. The first kappa shape index (κ1) is 10.2. The highest BCUT2D eigenvalue weighted by atomic mass is 16.5. The predicted molar refractivity (Wildman–Crippen MR) is 54.5 cm³/mol. The van der Waals surface area contributed by atoms with E-state index in [1.807, 2.05) is 44.2 Å². The van der Waals surface area contributed by atoms with Crippen LogP contribution in [0.1, 0.15) is 19.4 Å². The highest BCUT2D eigenvalue weighted by Gasteiger charge is 2.20. The Hall–Kier alpha value is -0.860. The molecule has 0 saturated heterocycles. The summed E-state index contributed by atoms with van der Waals surface area (Å²) in [6, 6.07) is 10.0. The standard InChI is InChI=1S/C11H17NO/c1-3-13-9-11(2,12)10-7-5-4-6-8-10/h4-8H,3,9,12H2,1-2H3. The molecule has 2 nitrogen and oxygen atoms in total. The van der Waals surface area contributed by atoms with Gasteiger partial charge in [0.25, 0.3) is 0 Å². The van der Waals surface area contributed by atoms with Gasteiger partial charge in [0.1, 0.15) is 0 Å². The van der Waals surface area contributed by atoms with Gasteiger partial charge in [0.2, 0.25) is 0 Å². The van der Waals surface area contributed by atoms with Crippen molar-refractivity contribution in [3.8, 4) is 0 Å². The molecule has 2 N–H and O–H groups in total. The second-order valence-corrected chi connectivity index (χ2v) is 3.42. The van der Waals surface area contributed by atoms with Crippen molar-refractivity contribution in [2.24, 2.45) is 5.73 Å². The number of nitrogens with two attached hydrogens (primary N) is 1. The van der Waals surface area contributed by atoms with Crippen molar-refractivity contribution >= 4 is 0 Å². The molecular weight excluding hydrogens is 162 g/mol. The van der Waals surface area contributed by atoms with Crippen molar-refractivity contribution in [2.45, 2.75) is 19.4 Å². The molecule has 0 aliphatic carbocycles. The molecule has 0 aromatic heterocycles. The molecule has 0 heterocycles. The molecule has 0 radical (unpaired) electrons. The lowest BCUT2D eigenvalue weighted by Gasteiger charge is -2.24. The maximum atomic E-state index is 6.10. The summed E-state index contributed by atoms with van der Waals surface area (Å²) in [7, 11) is 0. The van der Waals surface area contributed by atoms with Crippen LogP contribution in [-0.4, -0.2) is 13.2 Å². The van der Waals surface area contributed by atoms with Crippen LogP contribution in [0.15, 0.2) is 30.3 Å². The fraction of sp³-hybridized carbons (Fsp3) is 0.455. The molecule has 0 aliphatic heterocycles. The van der Waals surface area contributed by atoms with Gasteiger partial charge in [-0.2, -0.15) is 0 Å². The van der Waals surface area contributed by atoms with Gasteiger partial charge in [0.05, 0.1) is 12.1 Å². The van der Waals surface area contributed by atoms with Gasteiger partial charge in [-0.1, -0.05) is 30.3 Å². The Kier molecular flexibility index (Phi) is 3.46. The lowest BCUT2D eigenvalue weighted by molar-refractivity contribution is 0.101. The van der Waals surface area contributed by atoms with Crippen molar-refractivity contribution in [3.63, 3.8) is 0 Å². The zero-order valence-corrected chi connectivity index (χ0v) is 8.29. The molecule has 1 unspecified atom stereocenters. The van der Waals surface area contributed by atoms with Gasteiger partial charge in [-0.3, -0.25) is 0 Å². The summed E-state index contributed by atoms with van der Waals surface area (Å²) in [5.41, 5.74) is 6.84. The Balaban J connectivity index is 2.69. The van der Waals surface area contributed by atoms with Crippen LogP contribution in [0.5, 0.6) is 0 Å². The average Bonchev–Trinajstić information content (AvgIpc) is 2.16. The Labute approximate surface area is 79.7 Å². The van der Waals surface area contributed by atoms with Crippen LogP contribution < -0.4 is 5.73 Å². The third kappa shape index (κ3) is 2.83. The van der Waals surface area contributed by atoms with E-state index in [0.29, 0.717) is 13.2 Å². The van der Waals surface area contributed by atoms with Crippen LogP contribution in [-0.2, 0) is 10.3 Å². The number of benzene rings is 1. The quantitative estimate of drug-likeness (QED) is 0.766. The highest BCUT2D eigenvalue weighted by Crippen LogP contribution is 2.17. The van der Waals surface area contributed by atoms with Crippen molar-refractivity contribution in [2.75, 3.05) is 13.2 Å².